The predicted molar refractivity (Wildman–Crippen MR) is 121 cm³/mol. The Morgan fingerprint density at radius 2 is 1.97 bits per heavy atom. The van der Waals surface area contributed by atoms with Gasteiger partial charge in [0.2, 0.25) is 12.3 Å². The summed E-state index contributed by atoms with van der Waals surface area (Å²) in [5, 5.41) is 3.53. The third-order valence-electron chi connectivity index (χ3n) is 7.70. The molecule has 0 unspecified atom stereocenters. The Labute approximate surface area is 202 Å². The quantitative estimate of drug-likeness (QED) is 0.620. The van der Waals surface area contributed by atoms with Crippen molar-refractivity contribution in [3.63, 3.8) is 0 Å². The highest BCUT2D eigenvalue weighted by Crippen LogP contribution is 2.47. The van der Waals surface area contributed by atoms with Crippen molar-refractivity contribution in [2.75, 3.05) is 33.4 Å². The van der Waals surface area contributed by atoms with E-state index in [1.165, 1.54) is 0 Å². The van der Waals surface area contributed by atoms with Gasteiger partial charge in [-0.25, -0.2) is 13.6 Å². The standard InChI is InChI=1S/C24H39F2N3O5/c1-23(2,3)34-22(31)29-13-16-9-17(29)12-28(16)21(30)24(11-20(25)26)7-5-15(10-24)27-18-6-8-33-14-19(18)32-4/h15-20,27H,5-14H2,1-4H3/t15-,16+,17+,18+,19-,24+/m1/s1/i4D. The number of methoxy groups -OCH3 is 1. The molecule has 1 aliphatic carbocycles. The Hall–Kier alpha value is -1.52. The molecule has 34 heavy (non-hydrogen) atoms. The second-order valence-electron chi connectivity index (χ2n) is 11.3. The van der Waals surface area contributed by atoms with Gasteiger partial charge in [0, 0.05) is 45.3 Å². The van der Waals surface area contributed by atoms with E-state index in [9.17, 15) is 18.4 Å². The molecule has 8 nitrogen and oxygen atoms in total. The molecule has 3 saturated heterocycles. The summed E-state index contributed by atoms with van der Waals surface area (Å²) in [5.41, 5.74) is -1.71. The van der Waals surface area contributed by atoms with Gasteiger partial charge in [-0.05, 0) is 52.9 Å². The molecule has 0 spiro atoms. The van der Waals surface area contributed by atoms with Crippen LogP contribution in [0.2, 0.25) is 0 Å². The van der Waals surface area contributed by atoms with Gasteiger partial charge in [-0.1, -0.05) is 0 Å². The monoisotopic (exact) mass is 488 g/mol. The summed E-state index contributed by atoms with van der Waals surface area (Å²) in [5.74, 6) is -0.204. The summed E-state index contributed by atoms with van der Waals surface area (Å²) >= 11 is 0. The molecule has 10 heteroatoms. The number of carbonyl (C=O) groups excluding carboxylic acids is 2. The van der Waals surface area contributed by atoms with E-state index >= 15 is 0 Å². The molecule has 0 aromatic rings. The van der Waals surface area contributed by atoms with Crippen molar-refractivity contribution in [3.8, 4) is 0 Å². The van der Waals surface area contributed by atoms with Gasteiger partial charge in [0.25, 0.3) is 0 Å². The molecule has 194 valence electrons. The van der Waals surface area contributed by atoms with E-state index in [0.717, 1.165) is 0 Å². The van der Waals surface area contributed by atoms with Gasteiger partial charge >= 0.3 is 6.09 Å². The minimum absolute atomic E-state index is 0.0262. The van der Waals surface area contributed by atoms with Crippen LogP contribution in [-0.2, 0) is 19.0 Å². The van der Waals surface area contributed by atoms with Crippen molar-refractivity contribution in [1.82, 2.24) is 15.1 Å². The van der Waals surface area contributed by atoms with Crippen molar-refractivity contribution in [3.05, 3.63) is 0 Å². The summed E-state index contributed by atoms with van der Waals surface area (Å²) < 4.78 is 51.3. The largest absolute Gasteiger partial charge is 0.444 e. The number of alkyl halides is 2. The lowest BCUT2D eigenvalue weighted by Crippen LogP contribution is -2.55. The molecule has 3 aliphatic heterocycles. The number of nitrogens with zero attached hydrogens (tertiary/aromatic N) is 2. The van der Waals surface area contributed by atoms with Gasteiger partial charge in [-0.15, -0.1) is 0 Å². The highest BCUT2D eigenvalue weighted by molar-refractivity contribution is 5.84. The van der Waals surface area contributed by atoms with Crippen LogP contribution in [0, 0.1) is 5.41 Å². The van der Waals surface area contributed by atoms with Crippen LogP contribution in [-0.4, -0.2) is 97.5 Å². The zero-order chi connectivity index (χ0) is 25.4. The van der Waals surface area contributed by atoms with Gasteiger partial charge in [0.15, 0.2) is 0 Å². The molecule has 0 aromatic heterocycles. The number of amides is 2. The Kier molecular flexibility index (Phi) is 7.01. The van der Waals surface area contributed by atoms with Gasteiger partial charge < -0.3 is 29.3 Å². The van der Waals surface area contributed by atoms with Gasteiger partial charge in [0.1, 0.15) is 5.60 Å². The number of fused-ring (bicyclic) bond motifs is 2. The zero-order valence-electron chi connectivity index (χ0n) is 21.4. The van der Waals surface area contributed by atoms with E-state index < -0.39 is 23.9 Å². The van der Waals surface area contributed by atoms with Crippen LogP contribution >= 0.6 is 0 Å². The molecule has 0 radical (unpaired) electrons. The molecule has 0 aromatic carbocycles. The Morgan fingerprint density at radius 1 is 1.24 bits per heavy atom. The normalized spacial score (nSPS) is 36.3. The minimum Gasteiger partial charge on any atom is -0.444 e. The summed E-state index contributed by atoms with van der Waals surface area (Å²) in [6.07, 6.45) is -0.892. The number of rotatable bonds is 6. The molecular weight excluding hydrogens is 448 g/mol. The third kappa shape index (κ3) is 5.33. The number of likely N-dealkylation sites (tertiary alicyclic amines) is 2. The van der Waals surface area contributed by atoms with Crippen molar-refractivity contribution in [2.45, 2.75) is 102 Å². The van der Waals surface area contributed by atoms with Crippen LogP contribution in [0.15, 0.2) is 0 Å². The molecule has 6 atom stereocenters. The molecule has 4 rings (SSSR count). The fraction of sp³-hybridized carbons (Fsp3) is 0.917. The fourth-order valence-corrected chi connectivity index (χ4v) is 6.16. The summed E-state index contributed by atoms with van der Waals surface area (Å²) in [4.78, 5) is 29.7. The van der Waals surface area contributed by atoms with Crippen LogP contribution < -0.4 is 5.32 Å². The molecule has 1 N–H and O–H groups in total. The Bertz CT molecular complexity index is 783. The average molecular weight is 489 g/mol. The van der Waals surface area contributed by atoms with Gasteiger partial charge in [-0.3, -0.25) is 4.79 Å². The van der Waals surface area contributed by atoms with Crippen molar-refractivity contribution in [1.29, 1.82) is 0 Å². The first-order chi connectivity index (χ1) is 16.5. The van der Waals surface area contributed by atoms with E-state index in [-0.39, 0.29) is 49.4 Å². The highest BCUT2D eigenvalue weighted by atomic mass is 19.3. The van der Waals surface area contributed by atoms with Crippen LogP contribution in [0.4, 0.5) is 13.6 Å². The average Bonchev–Trinajstić information content (AvgIpc) is 3.48. The number of ether oxygens (including phenoxy) is 3. The second-order valence-corrected chi connectivity index (χ2v) is 11.3. The first kappa shape index (κ1) is 24.2. The molecule has 2 bridgehead atoms. The van der Waals surface area contributed by atoms with Crippen molar-refractivity contribution < 1.29 is 34.0 Å². The van der Waals surface area contributed by atoms with E-state index in [2.05, 4.69) is 5.32 Å². The smallest absolute Gasteiger partial charge is 0.410 e. The van der Waals surface area contributed by atoms with Crippen LogP contribution in [0.5, 0.6) is 0 Å². The topological polar surface area (TPSA) is 80.3 Å². The minimum atomic E-state index is -2.57. The third-order valence-corrected chi connectivity index (χ3v) is 7.70. The summed E-state index contributed by atoms with van der Waals surface area (Å²) in [6.45, 7) is 7.17. The lowest BCUT2D eigenvalue weighted by atomic mass is 9.80. The lowest BCUT2D eigenvalue weighted by Gasteiger charge is -2.40. The SMILES string of the molecule is [2H]CO[C@@H]1COCC[C@@H]1N[C@@H]1CC[C@](CC(F)F)(C(=O)N2C[C@@H]3C[C@H]2CN3C(=O)OC(C)(C)C)C1. The maximum Gasteiger partial charge on any atom is 0.410 e. The van der Waals surface area contributed by atoms with E-state index in [1.807, 2.05) is 20.8 Å². The van der Waals surface area contributed by atoms with Crippen LogP contribution in [0.3, 0.4) is 0 Å². The van der Waals surface area contributed by atoms with E-state index in [1.54, 1.807) is 9.80 Å². The van der Waals surface area contributed by atoms with Crippen LogP contribution in [0.1, 0.15) is 60.7 Å². The summed E-state index contributed by atoms with van der Waals surface area (Å²) in [7, 11) is -0.164. The first-order valence-electron chi connectivity index (χ1n) is 13.1. The molecule has 2 amide bonds. The van der Waals surface area contributed by atoms with Gasteiger partial charge in [0.05, 0.1) is 31.6 Å². The Morgan fingerprint density at radius 3 is 2.62 bits per heavy atom. The van der Waals surface area contributed by atoms with Crippen molar-refractivity contribution >= 4 is 12.0 Å². The number of hydrogen-bond acceptors (Lipinski definition) is 6. The molecule has 3 heterocycles. The van der Waals surface area contributed by atoms with E-state index in [4.69, 9.17) is 15.6 Å². The number of nitrogens with one attached hydrogen (secondary N) is 1. The fourth-order valence-electron chi connectivity index (χ4n) is 6.16. The molecule has 4 aliphatic rings. The molecular formula is C24H39F2N3O5. The zero-order valence-corrected chi connectivity index (χ0v) is 20.4. The highest BCUT2D eigenvalue weighted by Gasteiger charge is 2.55. The second kappa shape index (κ2) is 9.85. The first-order valence-corrected chi connectivity index (χ1v) is 12.3. The van der Waals surface area contributed by atoms with Crippen LogP contribution in [0.25, 0.3) is 0 Å². The summed E-state index contributed by atoms with van der Waals surface area (Å²) in [6, 6.07) is -0.396. The number of halogens is 2. The molecule has 1 saturated carbocycles. The lowest BCUT2D eigenvalue weighted by molar-refractivity contribution is -0.147. The molecule has 4 fully saturated rings. The van der Waals surface area contributed by atoms with Gasteiger partial charge in [-0.2, -0.15) is 0 Å². The van der Waals surface area contributed by atoms with E-state index in [0.29, 0.717) is 58.4 Å². The van der Waals surface area contributed by atoms with Crippen molar-refractivity contribution in [2.24, 2.45) is 5.41 Å². The number of carbonyl (C=O) groups is 2. The number of piperazine rings is 1. The maximum absolute atomic E-state index is 13.8. The maximum atomic E-state index is 13.8. The predicted octanol–water partition coefficient (Wildman–Crippen LogP) is 2.79. The number of hydrogen-bond donors (Lipinski definition) is 1. The Balaban J connectivity index is 1.40.